The number of carbonyl (C=O) groups excluding carboxylic acids is 1. The van der Waals surface area contributed by atoms with Crippen molar-refractivity contribution in [3.05, 3.63) is 64.7 Å². The molecule has 2 atom stereocenters. The van der Waals surface area contributed by atoms with Gasteiger partial charge in [-0.15, -0.1) is 0 Å². The molecule has 1 saturated carbocycles. The van der Waals surface area contributed by atoms with Crippen LogP contribution in [0.3, 0.4) is 0 Å². The minimum atomic E-state index is -0.506. The van der Waals surface area contributed by atoms with Crippen LogP contribution in [0.15, 0.2) is 58.5 Å². The second-order valence-corrected chi connectivity index (χ2v) is 11.5. The van der Waals surface area contributed by atoms with Crippen LogP contribution in [0, 0.1) is 16.6 Å². The molecular formula is C26H28FN3O2S. The Balaban J connectivity index is 1.47. The van der Waals surface area contributed by atoms with Crippen LogP contribution >= 0.6 is 11.8 Å². The highest BCUT2D eigenvalue weighted by molar-refractivity contribution is 7.99. The standard InChI is InChI=1S/C26H28FN3O2S/c1-25(2)12-17-13-26(3,15-25)16-29(17)22(31)14-33-24-28-20-10-6-4-8-18(20)23(32)30(24)21-11-7-5-9-19(21)27/h4-11,17H,12-16H2,1-3H3. The van der Waals surface area contributed by atoms with Gasteiger partial charge in [0.2, 0.25) is 5.91 Å². The normalized spacial score (nSPS) is 23.8. The first-order valence-corrected chi connectivity index (χ1v) is 12.3. The van der Waals surface area contributed by atoms with Gasteiger partial charge in [0.1, 0.15) is 5.82 Å². The number of carbonyl (C=O) groups is 1. The van der Waals surface area contributed by atoms with E-state index in [9.17, 15) is 14.0 Å². The molecule has 1 aliphatic carbocycles. The minimum absolute atomic E-state index is 0.0499. The van der Waals surface area contributed by atoms with Gasteiger partial charge in [0, 0.05) is 12.6 Å². The highest BCUT2D eigenvalue weighted by Crippen LogP contribution is 2.52. The molecule has 2 aliphatic rings. The van der Waals surface area contributed by atoms with Crippen molar-refractivity contribution in [2.45, 2.75) is 51.2 Å². The molecule has 1 aromatic heterocycles. The molecule has 1 aliphatic heterocycles. The molecule has 2 unspecified atom stereocenters. The van der Waals surface area contributed by atoms with Crippen LogP contribution in [0.1, 0.15) is 40.0 Å². The van der Waals surface area contributed by atoms with Crippen LogP contribution in [0.4, 0.5) is 4.39 Å². The van der Waals surface area contributed by atoms with Crippen molar-refractivity contribution < 1.29 is 9.18 Å². The van der Waals surface area contributed by atoms with E-state index in [2.05, 4.69) is 25.8 Å². The van der Waals surface area contributed by atoms with Crippen molar-refractivity contribution in [3.63, 3.8) is 0 Å². The Hall–Kier alpha value is -2.67. The van der Waals surface area contributed by atoms with Gasteiger partial charge in [0.25, 0.3) is 5.56 Å². The van der Waals surface area contributed by atoms with Crippen LogP contribution < -0.4 is 5.56 Å². The van der Waals surface area contributed by atoms with Gasteiger partial charge in [-0.05, 0) is 54.4 Å². The molecule has 1 amide bonds. The van der Waals surface area contributed by atoms with E-state index < -0.39 is 5.82 Å². The Kier molecular flexibility index (Phi) is 5.35. The van der Waals surface area contributed by atoms with Crippen LogP contribution in [-0.4, -0.2) is 38.7 Å². The summed E-state index contributed by atoms with van der Waals surface area (Å²) in [5.41, 5.74) is 0.721. The Bertz CT molecular complexity index is 1300. The second kappa shape index (κ2) is 7.97. The Labute approximate surface area is 197 Å². The summed E-state index contributed by atoms with van der Waals surface area (Å²) >= 11 is 1.20. The quantitative estimate of drug-likeness (QED) is 0.400. The van der Waals surface area contributed by atoms with Gasteiger partial charge in [-0.1, -0.05) is 56.8 Å². The van der Waals surface area contributed by atoms with Crippen LogP contribution in [0.2, 0.25) is 0 Å². The molecule has 33 heavy (non-hydrogen) atoms. The van der Waals surface area contributed by atoms with Crippen molar-refractivity contribution in [2.24, 2.45) is 10.8 Å². The largest absolute Gasteiger partial charge is 0.338 e. The molecule has 0 radical (unpaired) electrons. The zero-order valence-electron chi connectivity index (χ0n) is 19.2. The van der Waals surface area contributed by atoms with E-state index in [4.69, 9.17) is 0 Å². The lowest BCUT2D eigenvalue weighted by Gasteiger charge is -2.39. The number of hydrogen-bond acceptors (Lipinski definition) is 4. The highest BCUT2D eigenvalue weighted by Gasteiger charge is 2.50. The number of hydrogen-bond donors (Lipinski definition) is 0. The number of likely N-dealkylation sites (tertiary alicyclic amines) is 1. The lowest BCUT2D eigenvalue weighted by molar-refractivity contribution is -0.129. The molecule has 0 N–H and O–H groups in total. The number of amides is 1. The zero-order valence-corrected chi connectivity index (χ0v) is 20.0. The van der Waals surface area contributed by atoms with Crippen LogP contribution in [0.25, 0.3) is 16.6 Å². The van der Waals surface area contributed by atoms with Gasteiger partial charge in [-0.25, -0.2) is 9.37 Å². The average Bonchev–Trinajstić information content (AvgIpc) is 3.01. The fraction of sp³-hybridized carbons (Fsp3) is 0.423. The summed E-state index contributed by atoms with van der Waals surface area (Å²) in [6, 6.07) is 13.4. The van der Waals surface area contributed by atoms with Crippen molar-refractivity contribution in [1.29, 1.82) is 0 Å². The van der Waals surface area contributed by atoms with Crippen molar-refractivity contribution in [3.8, 4) is 5.69 Å². The molecule has 7 heteroatoms. The average molecular weight is 466 g/mol. The number of aromatic nitrogens is 2. The number of thioether (sulfide) groups is 1. The maximum atomic E-state index is 14.7. The van der Waals surface area contributed by atoms with E-state index >= 15 is 0 Å². The number of benzene rings is 2. The number of halogens is 1. The summed E-state index contributed by atoms with van der Waals surface area (Å²) in [4.78, 5) is 33.3. The van der Waals surface area contributed by atoms with Crippen molar-refractivity contribution in [1.82, 2.24) is 14.5 Å². The summed E-state index contributed by atoms with van der Waals surface area (Å²) in [6.45, 7) is 7.62. The molecule has 172 valence electrons. The van der Waals surface area contributed by atoms with Crippen molar-refractivity contribution in [2.75, 3.05) is 12.3 Å². The third-order valence-corrected chi connectivity index (χ3v) is 7.82. The van der Waals surface area contributed by atoms with Gasteiger partial charge in [0.05, 0.1) is 22.3 Å². The maximum Gasteiger partial charge on any atom is 0.266 e. The van der Waals surface area contributed by atoms with E-state index in [1.54, 1.807) is 36.4 Å². The Morgan fingerprint density at radius 1 is 1.12 bits per heavy atom. The van der Waals surface area contributed by atoms with E-state index in [0.717, 1.165) is 25.8 Å². The van der Waals surface area contributed by atoms with Gasteiger partial charge in [0.15, 0.2) is 5.16 Å². The number of rotatable bonds is 4. The van der Waals surface area contributed by atoms with Gasteiger partial charge >= 0.3 is 0 Å². The van der Waals surface area contributed by atoms with Crippen molar-refractivity contribution >= 4 is 28.6 Å². The third-order valence-electron chi connectivity index (χ3n) is 6.90. The Morgan fingerprint density at radius 2 is 1.85 bits per heavy atom. The molecule has 0 spiro atoms. The molecular weight excluding hydrogens is 437 g/mol. The summed E-state index contributed by atoms with van der Waals surface area (Å²) in [7, 11) is 0. The zero-order chi connectivity index (χ0) is 23.4. The first kappa shape index (κ1) is 22.1. The molecule has 5 rings (SSSR count). The van der Waals surface area contributed by atoms with Gasteiger partial charge in [-0.3, -0.25) is 14.2 Å². The molecule has 1 saturated heterocycles. The lowest BCUT2D eigenvalue weighted by atomic mass is 9.65. The lowest BCUT2D eigenvalue weighted by Crippen LogP contribution is -2.38. The molecule has 2 aromatic carbocycles. The summed E-state index contributed by atoms with van der Waals surface area (Å²) in [5, 5.41) is 0.741. The molecule has 2 bridgehead atoms. The van der Waals surface area contributed by atoms with E-state index in [-0.39, 0.29) is 39.8 Å². The SMILES string of the molecule is CC1(C)CC2CC(C)(CN2C(=O)CSc2nc3ccccc3c(=O)n2-c2ccccc2F)C1. The fourth-order valence-electron chi connectivity index (χ4n) is 6.02. The monoisotopic (exact) mass is 465 g/mol. The molecule has 2 heterocycles. The maximum absolute atomic E-state index is 14.7. The second-order valence-electron chi connectivity index (χ2n) is 10.5. The third kappa shape index (κ3) is 4.07. The first-order valence-electron chi connectivity index (χ1n) is 11.3. The van der Waals surface area contributed by atoms with Crippen LogP contribution in [-0.2, 0) is 4.79 Å². The molecule has 5 nitrogen and oxygen atoms in total. The van der Waals surface area contributed by atoms with E-state index in [1.807, 2.05) is 11.0 Å². The summed E-state index contributed by atoms with van der Waals surface area (Å²) in [5.74, 6) is -0.297. The highest BCUT2D eigenvalue weighted by atomic mass is 32.2. The Morgan fingerprint density at radius 3 is 2.64 bits per heavy atom. The molecule has 2 fully saturated rings. The van der Waals surface area contributed by atoms with E-state index in [0.29, 0.717) is 16.1 Å². The smallest absolute Gasteiger partial charge is 0.266 e. The van der Waals surface area contributed by atoms with E-state index in [1.165, 1.54) is 22.4 Å². The minimum Gasteiger partial charge on any atom is -0.338 e. The van der Waals surface area contributed by atoms with Gasteiger partial charge < -0.3 is 4.90 Å². The number of nitrogens with zero attached hydrogens (tertiary/aromatic N) is 3. The first-order chi connectivity index (χ1) is 15.7. The molecule has 3 aromatic rings. The number of para-hydroxylation sites is 2. The predicted molar refractivity (Wildman–Crippen MR) is 129 cm³/mol. The fourth-order valence-corrected chi connectivity index (χ4v) is 6.91. The predicted octanol–water partition coefficient (Wildman–Crippen LogP) is 5.04. The summed E-state index contributed by atoms with van der Waals surface area (Å²) in [6.07, 6.45) is 3.17. The summed E-state index contributed by atoms with van der Waals surface area (Å²) < 4.78 is 16.0. The van der Waals surface area contributed by atoms with Crippen LogP contribution in [0.5, 0.6) is 0 Å². The topological polar surface area (TPSA) is 55.2 Å². The van der Waals surface area contributed by atoms with Gasteiger partial charge in [-0.2, -0.15) is 0 Å². The number of fused-ring (bicyclic) bond motifs is 3.